The van der Waals surface area contributed by atoms with E-state index in [-0.39, 0.29) is 17.3 Å². The number of nitrogens with zero attached hydrogens (tertiary/aromatic N) is 4. The van der Waals surface area contributed by atoms with Crippen LogP contribution >= 0.6 is 11.8 Å². The van der Waals surface area contributed by atoms with Crippen molar-refractivity contribution in [2.24, 2.45) is 14.1 Å². The lowest BCUT2D eigenvalue weighted by Crippen LogP contribution is -2.38. The Kier molecular flexibility index (Phi) is 5.17. The summed E-state index contributed by atoms with van der Waals surface area (Å²) in [7, 11) is 3.01. The highest BCUT2D eigenvalue weighted by molar-refractivity contribution is 8.00. The number of carbonyl (C=O) groups excluding carboxylic acids is 1. The Labute approximate surface area is 154 Å². The predicted molar refractivity (Wildman–Crippen MR) is 98.6 cm³/mol. The van der Waals surface area contributed by atoms with E-state index in [4.69, 9.17) is 4.74 Å². The first-order chi connectivity index (χ1) is 12.4. The average Bonchev–Trinajstić information content (AvgIpc) is 3.47. The fourth-order valence-corrected chi connectivity index (χ4v) is 3.77. The quantitative estimate of drug-likeness (QED) is 0.425. The highest BCUT2D eigenvalue weighted by Gasteiger charge is 2.30. The van der Waals surface area contributed by atoms with Crippen LogP contribution < -0.4 is 11.2 Å². The van der Waals surface area contributed by atoms with E-state index in [1.54, 1.807) is 14.0 Å². The van der Waals surface area contributed by atoms with E-state index >= 15 is 0 Å². The molecule has 0 bridgehead atoms. The first-order valence-electron chi connectivity index (χ1n) is 8.69. The van der Waals surface area contributed by atoms with Gasteiger partial charge in [-0.05, 0) is 26.2 Å². The molecule has 2 aromatic heterocycles. The monoisotopic (exact) mass is 378 g/mol. The fraction of sp³-hybridized carbons (Fsp3) is 0.588. The molecule has 0 radical (unpaired) electrons. The first kappa shape index (κ1) is 18.6. The van der Waals surface area contributed by atoms with E-state index in [2.05, 4.69) is 9.97 Å². The zero-order valence-electron chi connectivity index (χ0n) is 15.3. The lowest BCUT2D eigenvalue weighted by atomic mass is 10.3. The summed E-state index contributed by atoms with van der Waals surface area (Å²) in [6.07, 6.45) is 2.52. The molecule has 9 heteroatoms. The van der Waals surface area contributed by atoms with Crippen molar-refractivity contribution < 1.29 is 9.53 Å². The number of aryl methyl sites for hydroxylation is 1. The summed E-state index contributed by atoms with van der Waals surface area (Å²) >= 11 is 1.21. The molecule has 26 heavy (non-hydrogen) atoms. The molecular weight excluding hydrogens is 356 g/mol. The number of thioether (sulfide) groups is 1. The normalized spacial score (nSPS) is 15.2. The highest BCUT2D eigenvalue weighted by Crippen LogP contribution is 2.40. The minimum atomic E-state index is -0.470. The van der Waals surface area contributed by atoms with Gasteiger partial charge in [-0.3, -0.25) is 18.7 Å². The third kappa shape index (κ3) is 3.27. The number of fused-ring (bicyclic) bond motifs is 1. The van der Waals surface area contributed by atoms with Crippen molar-refractivity contribution in [3.63, 3.8) is 0 Å². The number of rotatable bonds is 6. The Balaban J connectivity index is 2.21. The largest absolute Gasteiger partial charge is 0.465 e. The van der Waals surface area contributed by atoms with Gasteiger partial charge in [0.1, 0.15) is 21.5 Å². The Morgan fingerprint density at radius 2 is 1.92 bits per heavy atom. The van der Waals surface area contributed by atoms with Crippen LogP contribution in [0.5, 0.6) is 0 Å². The maximum atomic E-state index is 12.7. The molecule has 0 aromatic carbocycles. The Morgan fingerprint density at radius 1 is 1.23 bits per heavy atom. The van der Waals surface area contributed by atoms with Gasteiger partial charge in [0, 0.05) is 20.0 Å². The number of carbonyl (C=O) groups is 1. The molecule has 2 heterocycles. The van der Waals surface area contributed by atoms with Gasteiger partial charge in [-0.25, -0.2) is 14.8 Å². The lowest BCUT2D eigenvalue weighted by Gasteiger charge is -2.15. The Morgan fingerprint density at radius 3 is 2.50 bits per heavy atom. The first-order valence-corrected chi connectivity index (χ1v) is 9.57. The maximum absolute atomic E-state index is 12.7. The van der Waals surface area contributed by atoms with Gasteiger partial charge in [0.2, 0.25) is 0 Å². The molecule has 0 saturated heterocycles. The molecule has 3 rings (SSSR count). The molecular formula is C17H22N4O4S. The minimum Gasteiger partial charge on any atom is -0.465 e. The van der Waals surface area contributed by atoms with Crippen LogP contribution in [0.2, 0.25) is 0 Å². The Bertz CT molecular complexity index is 977. The van der Waals surface area contributed by atoms with Crippen LogP contribution in [0.1, 0.15) is 44.9 Å². The smallest absolute Gasteiger partial charge is 0.332 e. The van der Waals surface area contributed by atoms with Crippen molar-refractivity contribution in [2.45, 2.75) is 49.3 Å². The van der Waals surface area contributed by atoms with Crippen LogP contribution in [0, 0.1) is 0 Å². The van der Waals surface area contributed by atoms with Crippen LogP contribution in [-0.2, 0) is 23.6 Å². The van der Waals surface area contributed by atoms with Gasteiger partial charge in [0.05, 0.1) is 6.61 Å². The number of hydrogen-bond acceptors (Lipinski definition) is 7. The minimum absolute atomic E-state index is 0.251. The SMILES string of the molecule is CCOC(=O)[C@@H](CC)Sc1nc(C2CC2)nc2c1c(=O)n(C)c(=O)n2C. The van der Waals surface area contributed by atoms with Crippen molar-refractivity contribution in [1.29, 1.82) is 0 Å². The highest BCUT2D eigenvalue weighted by atomic mass is 32.2. The van der Waals surface area contributed by atoms with E-state index in [0.29, 0.717) is 29.5 Å². The summed E-state index contributed by atoms with van der Waals surface area (Å²) in [6.45, 7) is 3.93. The third-order valence-electron chi connectivity index (χ3n) is 4.40. The third-order valence-corrected chi connectivity index (χ3v) is 5.73. The van der Waals surface area contributed by atoms with Gasteiger partial charge in [0.25, 0.3) is 5.56 Å². The molecule has 2 aromatic rings. The molecule has 1 aliphatic rings. The summed E-state index contributed by atoms with van der Waals surface area (Å²) < 4.78 is 7.52. The average molecular weight is 378 g/mol. The van der Waals surface area contributed by atoms with Crippen molar-refractivity contribution in [1.82, 2.24) is 19.1 Å². The zero-order valence-corrected chi connectivity index (χ0v) is 16.1. The summed E-state index contributed by atoms with van der Waals surface area (Å²) in [5.74, 6) is 0.545. The summed E-state index contributed by atoms with van der Waals surface area (Å²) in [6, 6.07) is 0. The van der Waals surface area contributed by atoms with E-state index in [9.17, 15) is 14.4 Å². The summed E-state index contributed by atoms with van der Waals surface area (Å²) in [4.78, 5) is 46.3. The van der Waals surface area contributed by atoms with Gasteiger partial charge in [-0.1, -0.05) is 18.7 Å². The second-order valence-electron chi connectivity index (χ2n) is 6.33. The molecule has 0 spiro atoms. The standard InChI is InChI=1S/C17H22N4O4S/c1-5-10(16(23)25-6-2)26-14-11-13(18-12(19-14)9-7-8-9)20(3)17(24)21(4)15(11)22/h9-10H,5-8H2,1-4H3/t10-/m1/s1. The number of aromatic nitrogens is 4. The van der Waals surface area contributed by atoms with Gasteiger partial charge in [0.15, 0.2) is 5.65 Å². The number of hydrogen-bond donors (Lipinski definition) is 0. The van der Waals surface area contributed by atoms with E-state index in [0.717, 1.165) is 17.4 Å². The van der Waals surface area contributed by atoms with Crippen LogP contribution in [-0.4, -0.2) is 36.9 Å². The fourth-order valence-electron chi connectivity index (χ4n) is 2.72. The van der Waals surface area contributed by atoms with Gasteiger partial charge >= 0.3 is 11.7 Å². The number of ether oxygens (including phenoxy) is 1. The van der Waals surface area contributed by atoms with Crippen LogP contribution in [0.4, 0.5) is 0 Å². The van der Waals surface area contributed by atoms with Gasteiger partial charge < -0.3 is 4.74 Å². The maximum Gasteiger partial charge on any atom is 0.332 e. The van der Waals surface area contributed by atoms with Crippen LogP contribution in [0.15, 0.2) is 14.6 Å². The second-order valence-corrected chi connectivity index (χ2v) is 7.52. The van der Waals surface area contributed by atoms with Crippen LogP contribution in [0.3, 0.4) is 0 Å². The molecule has 1 fully saturated rings. The topological polar surface area (TPSA) is 96.1 Å². The zero-order chi connectivity index (χ0) is 19.0. The van der Waals surface area contributed by atoms with Crippen molar-refractivity contribution in [3.8, 4) is 0 Å². The molecule has 1 aliphatic carbocycles. The van der Waals surface area contributed by atoms with Crippen molar-refractivity contribution in [2.75, 3.05) is 6.61 Å². The molecule has 0 N–H and O–H groups in total. The lowest BCUT2D eigenvalue weighted by molar-refractivity contribution is -0.142. The molecule has 0 aliphatic heterocycles. The molecule has 1 atom stereocenters. The second kappa shape index (κ2) is 7.22. The van der Waals surface area contributed by atoms with Gasteiger partial charge in [-0.15, -0.1) is 0 Å². The van der Waals surface area contributed by atoms with Crippen LogP contribution in [0.25, 0.3) is 11.0 Å². The molecule has 0 amide bonds. The molecule has 140 valence electrons. The van der Waals surface area contributed by atoms with Crippen molar-refractivity contribution >= 4 is 28.8 Å². The molecule has 0 unspecified atom stereocenters. The number of esters is 1. The van der Waals surface area contributed by atoms with E-state index < -0.39 is 16.5 Å². The molecule has 1 saturated carbocycles. The van der Waals surface area contributed by atoms with Crippen molar-refractivity contribution in [3.05, 3.63) is 26.7 Å². The Hall–Kier alpha value is -2.16. The summed E-state index contributed by atoms with van der Waals surface area (Å²) in [5.41, 5.74) is -0.570. The van der Waals surface area contributed by atoms with E-state index in [1.165, 1.54) is 23.4 Å². The van der Waals surface area contributed by atoms with Gasteiger partial charge in [-0.2, -0.15) is 0 Å². The summed E-state index contributed by atoms with van der Waals surface area (Å²) in [5, 5.41) is 0.238. The van der Waals surface area contributed by atoms with E-state index in [1.807, 2.05) is 6.92 Å². The predicted octanol–water partition coefficient (Wildman–Crippen LogP) is 1.34. The molecule has 8 nitrogen and oxygen atoms in total.